The third-order valence-electron chi connectivity index (χ3n) is 5.53. The molecule has 0 bridgehead atoms. The minimum atomic E-state index is -0.465. The van der Waals surface area contributed by atoms with Gasteiger partial charge in [-0.1, -0.05) is 73.1 Å². The summed E-state index contributed by atoms with van der Waals surface area (Å²) in [6.45, 7) is 22.0. The Morgan fingerprint density at radius 1 is 1.16 bits per heavy atom. The molecule has 2 nitrogen and oxygen atoms in total. The summed E-state index contributed by atoms with van der Waals surface area (Å²) in [7, 11) is 0. The highest BCUT2D eigenvalue weighted by Crippen LogP contribution is 2.51. The Balaban J connectivity index is 3.21. The van der Waals surface area contributed by atoms with Crippen molar-refractivity contribution in [2.24, 2.45) is 22.2 Å². The molecule has 0 N–H and O–H groups in total. The van der Waals surface area contributed by atoms with Gasteiger partial charge in [-0.3, -0.25) is 0 Å². The molecule has 0 aliphatic heterocycles. The first-order valence-electron chi connectivity index (χ1n) is 9.72. The van der Waals surface area contributed by atoms with E-state index in [4.69, 9.17) is 4.74 Å². The highest BCUT2D eigenvalue weighted by atomic mass is 16.6. The van der Waals surface area contributed by atoms with E-state index < -0.39 is 5.60 Å². The second-order valence-corrected chi connectivity index (χ2v) is 10.9. The predicted octanol–water partition coefficient (Wildman–Crippen LogP) is 6.71. The van der Waals surface area contributed by atoms with Crippen molar-refractivity contribution in [1.29, 1.82) is 0 Å². The molecule has 2 atom stereocenters. The zero-order valence-electron chi connectivity index (χ0n) is 18.2. The van der Waals surface area contributed by atoms with Gasteiger partial charge in [0.15, 0.2) is 0 Å². The number of carbonyl (C=O) groups is 1. The molecule has 2 heteroatoms. The molecule has 0 saturated heterocycles. The molecule has 0 amide bonds. The van der Waals surface area contributed by atoms with Gasteiger partial charge in [-0.25, -0.2) is 4.79 Å². The normalized spacial score (nSPS) is 23.2. The van der Waals surface area contributed by atoms with Gasteiger partial charge in [0.05, 0.1) is 5.57 Å². The first-order valence-corrected chi connectivity index (χ1v) is 9.72. The molecule has 0 heterocycles. The number of hydrogen-bond donors (Lipinski definition) is 0. The van der Waals surface area contributed by atoms with E-state index in [1.165, 1.54) is 0 Å². The maximum atomic E-state index is 12.6. The zero-order chi connectivity index (χ0) is 19.7. The van der Waals surface area contributed by atoms with Gasteiger partial charge in [-0.15, -0.1) is 0 Å². The van der Waals surface area contributed by atoms with E-state index >= 15 is 0 Å². The fraction of sp³-hybridized carbons (Fsp3) is 0.783. The van der Waals surface area contributed by atoms with E-state index in [2.05, 4.69) is 60.6 Å². The smallest absolute Gasteiger partial charge is 0.338 e. The van der Waals surface area contributed by atoms with Crippen molar-refractivity contribution < 1.29 is 9.53 Å². The van der Waals surface area contributed by atoms with Crippen LogP contribution in [0.2, 0.25) is 0 Å². The molecular formula is C23H40O2. The van der Waals surface area contributed by atoms with Crippen molar-refractivity contribution in [3.63, 3.8) is 0 Å². The average Bonchev–Trinajstić information content (AvgIpc) is 2.42. The molecule has 0 radical (unpaired) electrons. The highest BCUT2D eigenvalue weighted by molar-refractivity contribution is 5.92. The van der Waals surface area contributed by atoms with E-state index in [1.807, 2.05) is 26.8 Å². The third-order valence-corrected chi connectivity index (χ3v) is 5.53. The fourth-order valence-electron chi connectivity index (χ4n) is 3.83. The Labute approximate surface area is 156 Å². The van der Waals surface area contributed by atoms with Gasteiger partial charge < -0.3 is 4.74 Å². The van der Waals surface area contributed by atoms with E-state index in [9.17, 15) is 4.79 Å². The van der Waals surface area contributed by atoms with Crippen molar-refractivity contribution in [2.45, 2.75) is 94.1 Å². The molecule has 0 aromatic heterocycles. The Bertz CT molecular complexity index is 537. The van der Waals surface area contributed by atoms with Gasteiger partial charge in [0.25, 0.3) is 0 Å². The lowest BCUT2D eigenvalue weighted by molar-refractivity contribution is -0.149. The molecule has 2 unspecified atom stereocenters. The highest BCUT2D eigenvalue weighted by Gasteiger charge is 2.43. The Morgan fingerprint density at radius 3 is 2.16 bits per heavy atom. The van der Waals surface area contributed by atoms with Crippen molar-refractivity contribution in [3.8, 4) is 0 Å². The summed E-state index contributed by atoms with van der Waals surface area (Å²) in [6.07, 6.45) is 9.55. The first-order chi connectivity index (χ1) is 11.1. The van der Waals surface area contributed by atoms with Crippen molar-refractivity contribution in [3.05, 3.63) is 23.8 Å². The summed E-state index contributed by atoms with van der Waals surface area (Å²) in [5, 5.41) is 0. The number of rotatable bonds is 5. The van der Waals surface area contributed by atoms with Crippen LogP contribution in [-0.4, -0.2) is 11.6 Å². The monoisotopic (exact) mass is 348 g/mol. The number of esters is 1. The average molecular weight is 349 g/mol. The maximum Gasteiger partial charge on any atom is 0.338 e. The zero-order valence-corrected chi connectivity index (χ0v) is 18.2. The van der Waals surface area contributed by atoms with E-state index in [0.29, 0.717) is 16.9 Å². The Kier molecular flexibility index (Phi) is 6.41. The van der Waals surface area contributed by atoms with Gasteiger partial charge in [-0.2, -0.15) is 0 Å². The lowest BCUT2D eigenvalue weighted by Gasteiger charge is -2.47. The standard InChI is InChI=1S/C23H40O2/c1-11-22(8,9)16-18(20(2,3)4)23(10)14-12-13-17(15-23)19(24)25-21(5,6)7/h12-13,15,18H,11,14,16H2,1-10H3. The van der Waals surface area contributed by atoms with Gasteiger partial charge >= 0.3 is 5.97 Å². The van der Waals surface area contributed by atoms with Crippen LogP contribution in [-0.2, 0) is 9.53 Å². The maximum absolute atomic E-state index is 12.6. The molecule has 144 valence electrons. The van der Waals surface area contributed by atoms with Gasteiger partial charge in [0, 0.05) is 0 Å². The molecule has 0 aromatic carbocycles. The largest absolute Gasteiger partial charge is 0.456 e. The second-order valence-electron chi connectivity index (χ2n) is 10.9. The van der Waals surface area contributed by atoms with Crippen LogP contribution in [0.25, 0.3) is 0 Å². The van der Waals surface area contributed by atoms with E-state index in [1.54, 1.807) is 0 Å². The molecule has 1 aliphatic rings. The SMILES string of the molecule is CCC(C)(C)CC(C(C)(C)C)C1(C)C=C(C(=O)OC(C)(C)C)C=CC1. The van der Waals surface area contributed by atoms with Crippen LogP contribution in [0.1, 0.15) is 88.5 Å². The quantitative estimate of drug-likeness (QED) is 0.516. The number of carbonyl (C=O) groups excluding carboxylic acids is 1. The molecular weight excluding hydrogens is 308 g/mol. The van der Waals surface area contributed by atoms with Crippen LogP contribution in [0.4, 0.5) is 0 Å². The summed E-state index contributed by atoms with van der Waals surface area (Å²) in [5.41, 5.74) is 0.662. The summed E-state index contributed by atoms with van der Waals surface area (Å²) < 4.78 is 5.60. The van der Waals surface area contributed by atoms with Crippen molar-refractivity contribution in [1.82, 2.24) is 0 Å². The minimum absolute atomic E-state index is 0.0360. The summed E-state index contributed by atoms with van der Waals surface area (Å²) >= 11 is 0. The van der Waals surface area contributed by atoms with Crippen LogP contribution in [0.15, 0.2) is 23.8 Å². The van der Waals surface area contributed by atoms with Crippen LogP contribution >= 0.6 is 0 Å². The fourth-order valence-corrected chi connectivity index (χ4v) is 3.83. The molecule has 0 spiro atoms. The lowest BCUT2D eigenvalue weighted by Crippen LogP contribution is -2.39. The molecule has 1 aliphatic carbocycles. The van der Waals surface area contributed by atoms with E-state index in [0.717, 1.165) is 19.3 Å². The van der Waals surface area contributed by atoms with Gasteiger partial charge in [-0.05, 0) is 55.8 Å². The van der Waals surface area contributed by atoms with Crippen LogP contribution < -0.4 is 0 Å². The molecule has 1 rings (SSSR count). The number of ether oxygens (including phenoxy) is 1. The Morgan fingerprint density at radius 2 is 1.72 bits per heavy atom. The molecule has 25 heavy (non-hydrogen) atoms. The van der Waals surface area contributed by atoms with Crippen LogP contribution in [0.5, 0.6) is 0 Å². The number of allylic oxidation sites excluding steroid dienone is 2. The molecule has 0 aromatic rings. The summed E-state index contributed by atoms with van der Waals surface area (Å²) in [5.74, 6) is 0.273. The third kappa shape index (κ3) is 6.31. The van der Waals surface area contributed by atoms with Gasteiger partial charge in [0.2, 0.25) is 0 Å². The van der Waals surface area contributed by atoms with E-state index in [-0.39, 0.29) is 16.8 Å². The predicted molar refractivity (Wildman–Crippen MR) is 107 cm³/mol. The minimum Gasteiger partial charge on any atom is -0.456 e. The molecule has 0 saturated carbocycles. The first kappa shape index (κ1) is 22.0. The topological polar surface area (TPSA) is 26.3 Å². The summed E-state index contributed by atoms with van der Waals surface area (Å²) in [4.78, 5) is 12.6. The Hall–Kier alpha value is -1.05. The molecule has 0 fully saturated rings. The second kappa shape index (κ2) is 7.29. The number of hydrogen-bond acceptors (Lipinski definition) is 2. The van der Waals surface area contributed by atoms with Gasteiger partial charge in [0.1, 0.15) is 5.60 Å². The van der Waals surface area contributed by atoms with Crippen LogP contribution in [0.3, 0.4) is 0 Å². The van der Waals surface area contributed by atoms with Crippen molar-refractivity contribution >= 4 is 5.97 Å². The van der Waals surface area contributed by atoms with Crippen LogP contribution in [0, 0.1) is 22.2 Å². The lowest BCUT2D eigenvalue weighted by atomic mass is 9.57. The summed E-state index contributed by atoms with van der Waals surface area (Å²) in [6, 6.07) is 0. The van der Waals surface area contributed by atoms with Crippen molar-refractivity contribution in [2.75, 3.05) is 0 Å².